The molecule has 0 radical (unpaired) electrons. The third-order valence-corrected chi connectivity index (χ3v) is 5.61. The molecule has 25 heavy (non-hydrogen) atoms. The average molecular weight is 355 g/mol. The Balaban J connectivity index is 2.00. The number of hydrogen-bond donors (Lipinski definition) is 0. The van der Waals surface area contributed by atoms with Crippen LogP contribution in [0.4, 0.5) is 0 Å². The van der Waals surface area contributed by atoms with E-state index in [2.05, 4.69) is 72.1 Å². The summed E-state index contributed by atoms with van der Waals surface area (Å²) in [5.74, 6) is 0. The summed E-state index contributed by atoms with van der Waals surface area (Å²) < 4.78 is 13.0. The molecule has 2 aliphatic heterocycles. The summed E-state index contributed by atoms with van der Waals surface area (Å²) in [5, 5.41) is 0. The Hall–Kier alpha value is -0.160. The smallest absolute Gasteiger partial charge is 0.0789 e. The van der Waals surface area contributed by atoms with Crippen molar-refractivity contribution in [3.8, 4) is 0 Å². The van der Waals surface area contributed by atoms with Gasteiger partial charge in [0.2, 0.25) is 0 Å². The standard InChI is InChI=1S/C21H42N2O2/c1-16(2)22-12-18(24-19(5,6)13-22)10-11-21(9)15-23(17(3)4)14-20(7,8)25-21/h16-18H,10-15H2,1-9H3. The molecule has 0 bridgehead atoms. The average Bonchev–Trinajstić information content (AvgIpc) is 2.41. The van der Waals surface area contributed by atoms with E-state index in [1.54, 1.807) is 0 Å². The van der Waals surface area contributed by atoms with Gasteiger partial charge in [-0.05, 0) is 75.2 Å². The molecule has 0 amide bonds. The summed E-state index contributed by atoms with van der Waals surface area (Å²) in [4.78, 5) is 5.12. The minimum absolute atomic E-state index is 0.0647. The van der Waals surface area contributed by atoms with Crippen LogP contribution >= 0.6 is 0 Å². The molecule has 0 aromatic rings. The largest absolute Gasteiger partial charge is 0.370 e. The Morgan fingerprint density at radius 2 is 1.40 bits per heavy atom. The summed E-state index contributed by atoms with van der Waals surface area (Å²) in [5.41, 5.74) is -0.252. The highest BCUT2D eigenvalue weighted by Gasteiger charge is 2.43. The van der Waals surface area contributed by atoms with E-state index < -0.39 is 0 Å². The van der Waals surface area contributed by atoms with Crippen LogP contribution in [0.3, 0.4) is 0 Å². The third-order valence-electron chi connectivity index (χ3n) is 5.61. The van der Waals surface area contributed by atoms with Crippen molar-refractivity contribution in [2.45, 2.75) is 110 Å². The fraction of sp³-hybridized carbons (Fsp3) is 1.00. The van der Waals surface area contributed by atoms with Crippen LogP contribution in [-0.2, 0) is 9.47 Å². The third kappa shape index (κ3) is 5.92. The van der Waals surface area contributed by atoms with Crippen molar-refractivity contribution in [3.05, 3.63) is 0 Å². The first-order valence-electron chi connectivity index (χ1n) is 10.2. The highest BCUT2D eigenvalue weighted by molar-refractivity contribution is 4.94. The van der Waals surface area contributed by atoms with Crippen molar-refractivity contribution < 1.29 is 9.47 Å². The molecule has 2 saturated heterocycles. The van der Waals surface area contributed by atoms with Gasteiger partial charge >= 0.3 is 0 Å². The second kappa shape index (κ2) is 7.46. The van der Waals surface area contributed by atoms with Gasteiger partial charge in [-0.1, -0.05) is 0 Å². The van der Waals surface area contributed by atoms with Crippen LogP contribution in [0.2, 0.25) is 0 Å². The molecule has 2 fully saturated rings. The molecule has 0 aromatic carbocycles. The van der Waals surface area contributed by atoms with E-state index in [0.29, 0.717) is 18.2 Å². The van der Waals surface area contributed by atoms with Crippen LogP contribution < -0.4 is 0 Å². The van der Waals surface area contributed by atoms with Crippen LogP contribution in [0.25, 0.3) is 0 Å². The minimum atomic E-state index is -0.0976. The molecule has 0 N–H and O–H groups in total. The molecule has 2 heterocycles. The van der Waals surface area contributed by atoms with Crippen molar-refractivity contribution in [2.75, 3.05) is 26.2 Å². The van der Waals surface area contributed by atoms with Crippen molar-refractivity contribution in [1.29, 1.82) is 0 Å². The normalized spacial score (nSPS) is 34.0. The SMILES string of the molecule is CC(C)N1CC(CCC2(C)CN(C(C)C)CC(C)(C)O2)OC(C)(C)C1. The highest BCUT2D eigenvalue weighted by atomic mass is 16.5. The lowest BCUT2D eigenvalue weighted by Crippen LogP contribution is -2.60. The summed E-state index contributed by atoms with van der Waals surface area (Å²) in [6.45, 7) is 24.4. The lowest BCUT2D eigenvalue weighted by molar-refractivity contribution is -0.204. The maximum Gasteiger partial charge on any atom is 0.0789 e. The molecule has 0 aromatic heterocycles. The molecular weight excluding hydrogens is 312 g/mol. The Morgan fingerprint density at radius 3 is 1.96 bits per heavy atom. The first kappa shape index (κ1) is 21.1. The first-order valence-corrected chi connectivity index (χ1v) is 10.2. The van der Waals surface area contributed by atoms with Gasteiger partial charge in [0.1, 0.15) is 0 Å². The number of hydrogen-bond acceptors (Lipinski definition) is 4. The van der Waals surface area contributed by atoms with E-state index in [0.717, 1.165) is 39.0 Å². The zero-order valence-electron chi connectivity index (χ0n) is 18.2. The minimum Gasteiger partial charge on any atom is -0.370 e. The molecule has 4 nitrogen and oxygen atoms in total. The van der Waals surface area contributed by atoms with E-state index in [1.165, 1.54) is 0 Å². The van der Waals surface area contributed by atoms with Gasteiger partial charge in [-0.2, -0.15) is 0 Å². The first-order chi connectivity index (χ1) is 11.3. The van der Waals surface area contributed by atoms with Crippen molar-refractivity contribution in [3.63, 3.8) is 0 Å². The van der Waals surface area contributed by atoms with Gasteiger partial charge in [-0.3, -0.25) is 9.80 Å². The summed E-state index contributed by atoms with van der Waals surface area (Å²) in [6, 6.07) is 1.13. The van der Waals surface area contributed by atoms with Gasteiger partial charge in [-0.25, -0.2) is 0 Å². The van der Waals surface area contributed by atoms with Gasteiger partial charge in [-0.15, -0.1) is 0 Å². The van der Waals surface area contributed by atoms with Crippen LogP contribution in [0.15, 0.2) is 0 Å². The molecule has 148 valence electrons. The zero-order chi connectivity index (χ0) is 19.0. The number of rotatable bonds is 5. The number of morpholine rings is 2. The summed E-state index contributed by atoms with van der Waals surface area (Å²) in [7, 11) is 0. The lowest BCUT2D eigenvalue weighted by Gasteiger charge is -2.51. The monoisotopic (exact) mass is 354 g/mol. The van der Waals surface area contributed by atoms with E-state index >= 15 is 0 Å². The highest BCUT2D eigenvalue weighted by Crippen LogP contribution is 2.34. The van der Waals surface area contributed by atoms with Gasteiger partial charge in [0.15, 0.2) is 0 Å². The van der Waals surface area contributed by atoms with Gasteiger partial charge in [0.25, 0.3) is 0 Å². The van der Waals surface area contributed by atoms with Crippen LogP contribution in [0, 0.1) is 0 Å². The Kier molecular flexibility index (Phi) is 6.31. The molecule has 2 atom stereocenters. The fourth-order valence-corrected chi connectivity index (χ4v) is 4.55. The zero-order valence-corrected chi connectivity index (χ0v) is 18.2. The molecule has 0 aliphatic carbocycles. The van der Waals surface area contributed by atoms with Crippen LogP contribution in [0.5, 0.6) is 0 Å². The molecule has 2 rings (SSSR count). The Bertz CT molecular complexity index is 447. The molecule has 4 heteroatoms. The van der Waals surface area contributed by atoms with Crippen molar-refractivity contribution in [2.24, 2.45) is 0 Å². The maximum atomic E-state index is 6.55. The maximum absolute atomic E-state index is 6.55. The fourth-order valence-electron chi connectivity index (χ4n) is 4.55. The predicted molar refractivity (Wildman–Crippen MR) is 105 cm³/mol. The molecular formula is C21H42N2O2. The number of ether oxygens (including phenoxy) is 2. The van der Waals surface area contributed by atoms with Gasteiger partial charge < -0.3 is 9.47 Å². The lowest BCUT2D eigenvalue weighted by atomic mass is 9.90. The van der Waals surface area contributed by atoms with E-state index in [9.17, 15) is 0 Å². The summed E-state index contributed by atoms with van der Waals surface area (Å²) >= 11 is 0. The van der Waals surface area contributed by atoms with Gasteiger partial charge in [0, 0.05) is 38.3 Å². The van der Waals surface area contributed by atoms with Crippen molar-refractivity contribution >= 4 is 0 Å². The van der Waals surface area contributed by atoms with E-state index in [-0.39, 0.29) is 16.8 Å². The Labute approximate surface area is 156 Å². The molecule has 0 saturated carbocycles. The second-order valence-corrected chi connectivity index (χ2v) is 10.4. The van der Waals surface area contributed by atoms with Crippen LogP contribution in [0.1, 0.15) is 75.2 Å². The second-order valence-electron chi connectivity index (χ2n) is 10.4. The predicted octanol–water partition coefficient (Wildman–Crippen LogP) is 3.93. The van der Waals surface area contributed by atoms with Crippen LogP contribution in [-0.4, -0.2) is 71.0 Å². The van der Waals surface area contributed by atoms with E-state index in [4.69, 9.17) is 9.47 Å². The summed E-state index contributed by atoms with van der Waals surface area (Å²) in [6.07, 6.45) is 2.40. The molecule has 0 spiro atoms. The number of nitrogens with zero attached hydrogens (tertiary/aromatic N) is 2. The quantitative estimate of drug-likeness (QED) is 0.747. The molecule has 2 aliphatic rings. The molecule has 2 unspecified atom stereocenters. The van der Waals surface area contributed by atoms with Gasteiger partial charge in [0.05, 0.1) is 22.9 Å². The topological polar surface area (TPSA) is 24.9 Å². The van der Waals surface area contributed by atoms with Crippen molar-refractivity contribution in [1.82, 2.24) is 9.80 Å². The van der Waals surface area contributed by atoms with E-state index in [1.807, 2.05) is 0 Å². The Morgan fingerprint density at radius 1 is 0.840 bits per heavy atom.